The van der Waals surface area contributed by atoms with E-state index in [9.17, 15) is 10.0 Å². The summed E-state index contributed by atoms with van der Waals surface area (Å²) in [7, 11) is 0.169. The van der Waals surface area contributed by atoms with E-state index in [4.69, 9.17) is 4.74 Å². The maximum Gasteiger partial charge on any atom is 0.489 e. The molecule has 2 rings (SSSR count). The molecule has 82 valence electrons. The second kappa shape index (κ2) is 4.70. The molecule has 0 bridgehead atoms. The number of thiophene rings is 1. The van der Waals surface area contributed by atoms with Gasteiger partial charge in [0, 0.05) is 10.3 Å². The third-order valence-electron chi connectivity index (χ3n) is 2.31. The van der Waals surface area contributed by atoms with E-state index in [1.54, 1.807) is 13.2 Å². The van der Waals surface area contributed by atoms with Crippen LogP contribution in [0.1, 0.15) is 0 Å². The van der Waals surface area contributed by atoms with Crippen molar-refractivity contribution in [3.8, 4) is 16.2 Å². The number of hydrogen-bond acceptors (Lipinski definition) is 4. The van der Waals surface area contributed by atoms with Crippen molar-refractivity contribution in [3.05, 3.63) is 35.7 Å². The van der Waals surface area contributed by atoms with Gasteiger partial charge < -0.3 is 14.8 Å². The Bertz CT molecular complexity index is 482. The highest BCUT2D eigenvalue weighted by atomic mass is 32.1. The lowest BCUT2D eigenvalue weighted by molar-refractivity contribution is 0.415. The van der Waals surface area contributed by atoms with Crippen molar-refractivity contribution in [2.45, 2.75) is 0 Å². The van der Waals surface area contributed by atoms with Gasteiger partial charge in [-0.25, -0.2) is 0 Å². The van der Waals surface area contributed by atoms with Gasteiger partial charge in [0.1, 0.15) is 5.75 Å². The average Bonchev–Trinajstić information content (AvgIpc) is 2.78. The molecular formula is C11H11BO3S. The highest BCUT2D eigenvalue weighted by Crippen LogP contribution is 2.26. The Kier molecular flexibility index (Phi) is 3.29. The molecule has 0 atom stereocenters. The van der Waals surface area contributed by atoms with Crippen LogP contribution < -0.4 is 10.2 Å². The second-order valence-corrected chi connectivity index (χ2v) is 4.23. The molecular weight excluding hydrogens is 223 g/mol. The largest absolute Gasteiger partial charge is 0.497 e. The van der Waals surface area contributed by atoms with E-state index < -0.39 is 7.12 Å². The van der Waals surface area contributed by atoms with Crippen molar-refractivity contribution >= 4 is 23.9 Å². The molecule has 1 aromatic carbocycles. The molecule has 0 fully saturated rings. The van der Waals surface area contributed by atoms with E-state index in [2.05, 4.69) is 0 Å². The van der Waals surface area contributed by atoms with Gasteiger partial charge in [-0.05, 0) is 23.1 Å². The van der Waals surface area contributed by atoms with Crippen molar-refractivity contribution in [3.63, 3.8) is 0 Å². The van der Waals surface area contributed by atoms with E-state index in [1.165, 1.54) is 11.3 Å². The quantitative estimate of drug-likeness (QED) is 0.782. The predicted octanol–water partition coefficient (Wildman–Crippen LogP) is 1.10. The lowest BCUT2D eigenvalue weighted by atomic mass is 9.79. The standard InChI is InChI=1S/C11H11BO3S/c1-15-9-4-2-3-8(7-9)11-10(12(13)14)5-6-16-11/h2-7,13-14H,1H3. The lowest BCUT2D eigenvalue weighted by Gasteiger charge is -2.05. The van der Waals surface area contributed by atoms with Crippen molar-refractivity contribution in [1.29, 1.82) is 0 Å². The van der Waals surface area contributed by atoms with Crippen LogP contribution in [-0.4, -0.2) is 24.3 Å². The first-order valence-electron chi connectivity index (χ1n) is 4.80. The van der Waals surface area contributed by atoms with Crippen molar-refractivity contribution in [2.75, 3.05) is 7.11 Å². The fourth-order valence-electron chi connectivity index (χ4n) is 1.52. The van der Waals surface area contributed by atoms with E-state index >= 15 is 0 Å². The van der Waals surface area contributed by atoms with Gasteiger partial charge in [-0.2, -0.15) is 0 Å². The van der Waals surface area contributed by atoms with Crippen LogP contribution in [0.3, 0.4) is 0 Å². The Labute approximate surface area is 98.1 Å². The van der Waals surface area contributed by atoms with Gasteiger partial charge in [-0.3, -0.25) is 0 Å². The Morgan fingerprint density at radius 2 is 2.06 bits per heavy atom. The number of benzene rings is 1. The SMILES string of the molecule is COc1cccc(-c2sccc2B(O)O)c1. The molecule has 0 saturated heterocycles. The van der Waals surface area contributed by atoms with E-state index in [0.29, 0.717) is 5.46 Å². The summed E-state index contributed by atoms with van der Waals surface area (Å²) < 4.78 is 5.13. The van der Waals surface area contributed by atoms with Crippen molar-refractivity contribution in [2.24, 2.45) is 0 Å². The molecule has 0 amide bonds. The number of hydrogen-bond donors (Lipinski definition) is 2. The molecule has 1 heterocycles. The van der Waals surface area contributed by atoms with E-state index in [0.717, 1.165) is 16.2 Å². The fourth-order valence-corrected chi connectivity index (χ4v) is 2.44. The van der Waals surface area contributed by atoms with Crippen molar-refractivity contribution < 1.29 is 14.8 Å². The van der Waals surface area contributed by atoms with Gasteiger partial charge in [0.2, 0.25) is 0 Å². The number of methoxy groups -OCH3 is 1. The molecule has 0 radical (unpaired) electrons. The Morgan fingerprint density at radius 3 is 2.75 bits per heavy atom. The third kappa shape index (κ3) is 2.11. The highest BCUT2D eigenvalue weighted by molar-refractivity contribution is 7.15. The molecule has 5 heteroatoms. The van der Waals surface area contributed by atoms with E-state index in [-0.39, 0.29) is 0 Å². The molecule has 2 aromatic rings. The Morgan fingerprint density at radius 1 is 1.25 bits per heavy atom. The maximum absolute atomic E-state index is 9.21. The van der Waals surface area contributed by atoms with Crippen LogP contribution >= 0.6 is 11.3 Å². The number of rotatable bonds is 3. The molecule has 0 aliphatic heterocycles. The average molecular weight is 234 g/mol. The lowest BCUT2D eigenvalue weighted by Crippen LogP contribution is -2.29. The van der Waals surface area contributed by atoms with Gasteiger partial charge in [0.05, 0.1) is 7.11 Å². The minimum Gasteiger partial charge on any atom is -0.497 e. The van der Waals surface area contributed by atoms with Crippen LogP contribution in [0.25, 0.3) is 10.4 Å². The van der Waals surface area contributed by atoms with E-state index in [1.807, 2.05) is 29.6 Å². The predicted molar refractivity (Wildman–Crippen MR) is 66.1 cm³/mol. The van der Waals surface area contributed by atoms with Crippen LogP contribution in [0.2, 0.25) is 0 Å². The van der Waals surface area contributed by atoms with Gasteiger partial charge >= 0.3 is 7.12 Å². The van der Waals surface area contributed by atoms with Crippen molar-refractivity contribution in [1.82, 2.24) is 0 Å². The summed E-state index contributed by atoms with van der Waals surface area (Å²) in [6, 6.07) is 9.23. The zero-order chi connectivity index (χ0) is 11.5. The molecule has 0 aliphatic rings. The second-order valence-electron chi connectivity index (χ2n) is 3.31. The summed E-state index contributed by atoms with van der Waals surface area (Å²) in [5.74, 6) is 0.754. The number of ether oxygens (including phenoxy) is 1. The van der Waals surface area contributed by atoms with Crippen LogP contribution in [0.15, 0.2) is 35.7 Å². The molecule has 0 unspecified atom stereocenters. The summed E-state index contributed by atoms with van der Waals surface area (Å²) in [4.78, 5) is 0.855. The molecule has 0 aliphatic carbocycles. The summed E-state index contributed by atoms with van der Waals surface area (Å²) in [5, 5.41) is 20.3. The first kappa shape index (κ1) is 11.2. The topological polar surface area (TPSA) is 49.7 Å². The van der Waals surface area contributed by atoms with Crippen LogP contribution in [0.5, 0.6) is 5.75 Å². The highest BCUT2D eigenvalue weighted by Gasteiger charge is 2.18. The molecule has 3 nitrogen and oxygen atoms in total. The molecule has 2 N–H and O–H groups in total. The van der Waals surface area contributed by atoms with Crippen LogP contribution in [-0.2, 0) is 0 Å². The molecule has 1 aromatic heterocycles. The zero-order valence-corrected chi connectivity index (χ0v) is 9.57. The van der Waals surface area contributed by atoms with Crippen LogP contribution in [0, 0.1) is 0 Å². The minimum atomic E-state index is -1.44. The third-order valence-corrected chi connectivity index (χ3v) is 3.29. The first-order valence-corrected chi connectivity index (χ1v) is 5.68. The molecule has 0 spiro atoms. The molecule has 16 heavy (non-hydrogen) atoms. The van der Waals surface area contributed by atoms with Crippen LogP contribution in [0.4, 0.5) is 0 Å². The maximum atomic E-state index is 9.21. The summed E-state index contributed by atoms with van der Waals surface area (Å²) in [5.41, 5.74) is 1.45. The monoisotopic (exact) mass is 234 g/mol. The summed E-state index contributed by atoms with van der Waals surface area (Å²) in [6.45, 7) is 0. The zero-order valence-electron chi connectivity index (χ0n) is 8.75. The Hall–Kier alpha value is -1.30. The van der Waals surface area contributed by atoms with Gasteiger partial charge in [-0.15, -0.1) is 11.3 Å². The minimum absolute atomic E-state index is 0.526. The first-order chi connectivity index (χ1) is 7.72. The smallest absolute Gasteiger partial charge is 0.489 e. The van der Waals surface area contributed by atoms with Gasteiger partial charge in [0.15, 0.2) is 0 Å². The molecule has 0 saturated carbocycles. The normalized spacial score (nSPS) is 10.2. The summed E-state index contributed by atoms with van der Waals surface area (Å²) in [6.07, 6.45) is 0. The fraction of sp³-hybridized carbons (Fsp3) is 0.0909. The van der Waals surface area contributed by atoms with Gasteiger partial charge in [0.25, 0.3) is 0 Å². The summed E-state index contributed by atoms with van der Waals surface area (Å²) >= 11 is 1.47. The van der Waals surface area contributed by atoms with Gasteiger partial charge in [-0.1, -0.05) is 18.2 Å². The Balaban J connectivity index is 2.46.